The van der Waals surface area contributed by atoms with E-state index in [1.807, 2.05) is 27.7 Å². The summed E-state index contributed by atoms with van der Waals surface area (Å²) in [5.41, 5.74) is -0.934. The van der Waals surface area contributed by atoms with Crippen molar-refractivity contribution in [3.8, 4) is 0 Å². The van der Waals surface area contributed by atoms with Gasteiger partial charge in [-0.3, -0.25) is 9.59 Å². The minimum atomic E-state index is -1.02. The first-order valence-electron chi connectivity index (χ1n) is 10.8. The lowest BCUT2D eigenvalue weighted by molar-refractivity contribution is -0.159. The molecule has 8 nitrogen and oxygen atoms in total. The van der Waals surface area contributed by atoms with Crippen LogP contribution in [0.25, 0.3) is 0 Å². The number of ether oxygens (including phenoxy) is 4. The minimum Gasteiger partial charge on any atom is -0.463 e. The zero-order valence-electron chi connectivity index (χ0n) is 19.9. The van der Waals surface area contributed by atoms with Gasteiger partial charge in [0.2, 0.25) is 0 Å². The fourth-order valence-corrected chi connectivity index (χ4v) is 2.08. The third kappa shape index (κ3) is 11.9. The van der Waals surface area contributed by atoms with Gasteiger partial charge in [0.05, 0.1) is 16.9 Å². The molecule has 0 aromatic rings. The first kappa shape index (κ1) is 29.1. The molecular formula is C23H40O8. The monoisotopic (exact) mass is 444 g/mol. The summed E-state index contributed by atoms with van der Waals surface area (Å²) in [6, 6.07) is 0. The Hall–Kier alpha value is -1.93. The fourth-order valence-electron chi connectivity index (χ4n) is 2.08. The quantitative estimate of drug-likeness (QED) is 0.294. The average Bonchev–Trinajstić information content (AvgIpc) is 3.27. The zero-order valence-corrected chi connectivity index (χ0v) is 19.9. The van der Waals surface area contributed by atoms with Gasteiger partial charge in [0.1, 0.15) is 25.9 Å². The van der Waals surface area contributed by atoms with Crippen molar-refractivity contribution in [2.24, 2.45) is 10.8 Å². The maximum Gasteiger partial charge on any atom is 0.330 e. The highest BCUT2D eigenvalue weighted by atomic mass is 16.6. The van der Waals surface area contributed by atoms with Gasteiger partial charge in [-0.05, 0) is 53.4 Å². The van der Waals surface area contributed by atoms with E-state index >= 15 is 0 Å². The molecule has 180 valence electrons. The molecule has 0 saturated carbocycles. The molecule has 2 atom stereocenters. The Morgan fingerprint density at radius 3 is 2.00 bits per heavy atom. The van der Waals surface area contributed by atoms with Crippen molar-refractivity contribution in [3.05, 3.63) is 12.7 Å². The van der Waals surface area contributed by atoms with Crippen LogP contribution in [0.3, 0.4) is 0 Å². The average molecular weight is 445 g/mol. The first-order valence-corrected chi connectivity index (χ1v) is 10.8. The summed E-state index contributed by atoms with van der Waals surface area (Å²) in [6.07, 6.45) is 3.66. The number of carbonyl (C=O) groups excluding carboxylic acids is 3. The van der Waals surface area contributed by atoms with Gasteiger partial charge in [0, 0.05) is 12.7 Å². The highest BCUT2D eigenvalue weighted by molar-refractivity contribution is 5.81. The molecule has 1 aliphatic heterocycles. The van der Waals surface area contributed by atoms with Crippen LogP contribution in [0.5, 0.6) is 0 Å². The number of esters is 3. The molecule has 0 aromatic heterocycles. The van der Waals surface area contributed by atoms with Crippen molar-refractivity contribution in [1.29, 1.82) is 0 Å². The summed E-state index contributed by atoms with van der Waals surface area (Å²) in [5, 5.41) is 9.39. The molecule has 0 spiro atoms. The molecule has 1 fully saturated rings. The summed E-state index contributed by atoms with van der Waals surface area (Å²) < 4.78 is 20.1. The van der Waals surface area contributed by atoms with E-state index < -0.39 is 17.5 Å². The van der Waals surface area contributed by atoms with Crippen LogP contribution in [-0.4, -0.2) is 61.6 Å². The van der Waals surface area contributed by atoms with Crippen LogP contribution in [-0.2, 0) is 33.3 Å². The number of aliphatic hydroxyl groups is 1. The Kier molecular flexibility index (Phi) is 13.3. The number of hydrogen-bond donors (Lipinski definition) is 1. The second-order valence-electron chi connectivity index (χ2n) is 8.79. The molecule has 1 rings (SSSR count). The van der Waals surface area contributed by atoms with Crippen molar-refractivity contribution in [2.75, 3.05) is 26.4 Å². The van der Waals surface area contributed by atoms with Gasteiger partial charge < -0.3 is 24.1 Å². The third-order valence-corrected chi connectivity index (χ3v) is 5.29. The molecule has 0 radical (unpaired) electrons. The Bertz CT molecular complexity index is 576. The van der Waals surface area contributed by atoms with Crippen molar-refractivity contribution >= 4 is 17.9 Å². The number of rotatable bonds is 11. The van der Waals surface area contributed by atoms with Gasteiger partial charge in [-0.15, -0.1) is 0 Å². The van der Waals surface area contributed by atoms with Crippen molar-refractivity contribution < 1.29 is 38.4 Å². The fraction of sp³-hybridized carbons (Fsp3) is 0.783. The number of carbonyl (C=O) groups is 3. The molecule has 0 amide bonds. The highest BCUT2D eigenvalue weighted by Crippen LogP contribution is 2.23. The predicted molar refractivity (Wildman–Crippen MR) is 116 cm³/mol. The largest absolute Gasteiger partial charge is 0.463 e. The van der Waals surface area contributed by atoms with E-state index in [0.29, 0.717) is 13.0 Å². The Labute approximate surface area is 186 Å². The van der Waals surface area contributed by atoms with E-state index in [1.165, 1.54) is 0 Å². The summed E-state index contributed by atoms with van der Waals surface area (Å²) in [4.78, 5) is 33.8. The van der Waals surface area contributed by atoms with Gasteiger partial charge in [-0.2, -0.15) is 0 Å². The molecule has 8 heteroatoms. The van der Waals surface area contributed by atoms with Crippen molar-refractivity contribution in [3.63, 3.8) is 0 Å². The van der Waals surface area contributed by atoms with E-state index in [9.17, 15) is 19.5 Å². The van der Waals surface area contributed by atoms with Crippen LogP contribution in [0.15, 0.2) is 12.7 Å². The summed E-state index contributed by atoms with van der Waals surface area (Å²) in [6.45, 7) is 15.2. The molecule has 1 N–H and O–H groups in total. The minimum absolute atomic E-state index is 0.115. The Morgan fingerprint density at radius 1 is 1.03 bits per heavy atom. The van der Waals surface area contributed by atoms with Gasteiger partial charge in [-0.1, -0.05) is 20.4 Å². The molecule has 1 aliphatic rings. The van der Waals surface area contributed by atoms with Gasteiger partial charge >= 0.3 is 17.9 Å². The van der Waals surface area contributed by atoms with Crippen LogP contribution < -0.4 is 0 Å². The van der Waals surface area contributed by atoms with E-state index in [-0.39, 0.29) is 36.7 Å². The molecule has 2 unspecified atom stereocenters. The Balaban J connectivity index is 0.000000590. The molecule has 1 heterocycles. The lowest BCUT2D eigenvalue weighted by Gasteiger charge is -2.21. The number of aliphatic hydroxyl groups excluding tert-OH is 1. The summed E-state index contributed by atoms with van der Waals surface area (Å²) in [5.74, 6) is -1.12. The van der Waals surface area contributed by atoms with Crippen LogP contribution in [0.1, 0.15) is 67.2 Å². The van der Waals surface area contributed by atoms with Gasteiger partial charge in [-0.25, -0.2) is 4.79 Å². The maximum absolute atomic E-state index is 11.6. The van der Waals surface area contributed by atoms with E-state index in [4.69, 9.17) is 14.2 Å². The molecule has 0 aliphatic carbocycles. The second-order valence-corrected chi connectivity index (χ2v) is 8.79. The highest BCUT2D eigenvalue weighted by Gasteiger charge is 2.29. The van der Waals surface area contributed by atoms with Crippen LogP contribution >= 0.6 is 0 Å². The van der Waals surface area contributed by atoms with Crippen LogP contribution in [0.4, 0.5) is 0 Å². The zero-order chi connectivity index (χ0) is 24.1. The molecule has 31 heavy (non-hydrogen) atoms. The summed E-state index contributed by atoms with van der Waals surface area (Å²) in [7, 11) is 0. The lowest BCUT2D eigenvalue weighted by Crippen LogP contribution is -2.31. The van der Waals surface area contributed by atoms with Gasteiger partial charge in [0.15, 0.2) is 0 Å². The first-order chi connectivity index (χ1) is 14.4. The topological polar surface area (TPSA) is 108 Å². The van der Waals surface area contributed by atoms with Crippen LogP contribution in [0, 0.1) is 10.8 Å². The molecule has 0 bridgehead atoms. The summed E-state index contributed by atoms with van der Waals surface area (Å²) >= 11 is 0. The maximum atomic E-state index is 11.6. The molecule has 0 aromatic carbocycles. The van der Waals surface area contributed by atoms with E-state index in [0.717, 1.165) is 31.9 Å². The normalized spacial score (nSPS) is 17.1. The third-order valence-electron chi connectivity index (χ3n) is 5.29. The van der Waals surface area contributed by atoms with E-state index in [2.05, 4.69) is 11.3 Å². The van der Waals surface area contributed by atoms with Crippen LogP contribution in [0.2, 0.25) is 0 Å². The molecule has 1 saturated heterocycles. The smallest absolute Gasteiger partial charge is 0.330 e. The second kappa shape index (κ2) is 14.2. The Morgan fingerprint density at radius 2 is 1.55 bits per heavy atom. The van der Waals surface area contributed by atoms with Crippen molar-refractivity contribution in [1.82, 2.24) is 0 Å². The standard InChI is InChI=1S/C12H20O5.C11H20O3/c1-5-10(14)16-7-9(13)8-17-11(15)12(3,4)6-2;1-4-11(2,3)10(12)14-8-9-6-5-7-13-9/h5,9,13H,1,6-8H2,2-4H3;9H,4-8H2,1-3H3. The van der Waals surface area contributed by atoms with E-state index in [1.54, 1.807) is 13.8 Å². The molecular weight excluding hydrogens is 404 g/mol. The van der Waals surface area contributed by atoms with Gasteiger partial charge in [0.25, 0.3) is 0 Å². The number of hydrogen-bond acceptors (Lipinski definition) is 8. The lowest BCUT2D eigenvalue weighted by atomic mass is 9.91. The SMILES string of the molecule is C=CC(=O)OCC(O)COC(=O)C(C)(C)CC.CCC(C)(C)C(=O)OCC1CCCO1. The van der Waals surface area contributed by atoms with Crippen molar-refractivity contribution in [2.45, 2.75) is 79.4 Å². The predicted octanol–water partition coefficient (Wildman–Crippen LogP) is 3.20.